The van der Waals surface area contributed by atoms with Crippen LogP contribution in [0.25, 0.3) is 5.69 Å². The average molecular weight is 399 g/mol. The minimum absolute atomic E-state index is 0.262. The van der Waals surface area contributed by atoms with Crippen LogP contribution in [-0.4, -0.2) is 39.4 Å². The van der Waals surface area contributed by atoms with E-state index >= 15 is 0 Å². The number of ether oxygens (including phenoxy) is 1. The standard InChI is InChI=1S/C22H29N3O4/c1-4-5-11-18(22(27)28)23-21(26)17-12-13-29-20(17)19-14(2)24-25(15(19)3)16-9-7-6-8-10-16/h6-10,17-18,20H,4-5,11-13H2,1-3H3,(H,23,26)(H,27,28)/t17-,18-,20-/m0/s1. The molecule has 7 heteroatoms. The zero-order valence-electron chi connectivity index (χ0n) is 17.2. The average Bonchev–Trinajstić information content (AvgIpc) is 3.29. The molecule has 1 amide bonds. The Morgan fingerprint density at radius 1 is 1.31 bits per heavy atom. The van der Waals surface area contributed by atoms with Gasteiger partial charge in [-0.2, -0.15) is 5.10 Å². The van der Waals surface area contributed by atoms with E-state index in [1.807, 2.05) is 55.8 Å². The number of unbranched alkanes of at least 4 members (excludes halogenated alkanes) is 1. The molecule has 0 spiro atoms. The fraction of sp³-hybridized carbons (Fsp3) is 0.500. The smallest absolute Gasteiger partial charge is 0.326 e. The van der Waals surface area contributed by atoms with Crippen molar-refractivity contribution in [3.05, 3.63) is 47.3 Å². The van der Waals surface area contributed by atoms with Crippen LogP contribution in [-0.2, 0) is 14.3 Å². The number of nitrogens with one attached hydrogen (secondary N) is 1. The summed E-state index contributed by atoms with van der Waals surface area (Å²) >= 11 is 0. The molecule has 1 aliphatic rings. The van der Waals surface area contributed by atoms with E-state index in [-0.39, 0.29) is 5.91 Å². The highest BCUT2D eigenvalue weighted by Crippen LogP contribution is 2.38. The number of amides is 1. The minimum atomic E-state index is -0.994. The number of aryl methyl sites for hydroxylation is 1. The Morgan fingerprint density at radius 2 is 2.03 bits per heavy atom. The molecule has 1 aromatic carbocycles. The van der Waals surface area contributed by atoms with Gasteiger partial charge in [0.05, 0.1) is 23.4 Å². The molecule has 0 unspecified atom stereocenters. The number of benzene rings is 1. The fourth-order valence-electron chi connectivity index (χ4n) is 3.97. The fourth-order valence-corrected chi connectivity index (χ4v) is 3.97. The van der Waals surface area contributed by atoms with Crippen molar-refractivity contribution in [3.63, 3.8) is 0 Å². The second-order valence-corrected chi connectivity index (χ2v) is 7.56. The maximum Gasteiger partial charge on any atom is 0.326 e. The maximum absolute atomic E-state index is 12.9. The topological polar surface area (TPSA) is 93.5 Å². The summed E-state index contributed by atoms with van der Waals surface area (Å²) in [6.07, 6.45) is 2.20. The van der Waals surface area contributed by atoms with Crippen LogP contribution in [0, 0.1) is 19.8 Å². The Labute approximate surface area is 171 Å². The van der Waals surface area contributed by atoms with Gasteiger partial charge in [0.1, 0.15) is 6.04 Å². The third-order valence-corrected chi connectivity index (χ3v) is 5.52. The molecule has 3 rings (SSSR count). The number of carbonyl (C=O) groups excluding carboxylic acids is 1. The molecule has 1 saturated heterocycles. The number of carboxylic acid groups (broad SMARTS) is 1. The number of aliphatic carboxylic acids is 1. The summed E-state index contributed by atoms with van der Waals surface area (Å²) in [4.78, 5) is 24.4. The van der Waals surface area contributed by atoms with Gasteiger partial charge in [-0.3, -0.25) is 4.79 Å². The number of rotatable bonds is 8. The summed E-state index contributed by atoms with van der Waals surface area (Å²) in [5, 5.41) is 16.8. The summed E-state index contributed by atoms with van der Waals surface area (Å²) in [6, 6.07) is 8.96. The Bertz CT molecular complexity index is 862. The highest BCUT2D eigenvalue weighted by molar-refractivity contribution is 5.85. The van der Waals surface area contributed by atoms with Gasteiger partial charge in [0.25, 0.3) is 0 Å². The molecule has 2 N–H and O–H groups in total. The monoisotopic (exact) mass is 399 g/mol. The zero-order chi connectivity index (χ0) is 21.0. The van der Waals surface area contributed by atoms with Crippen molar-refractivity contribution >= 4 is 11.9 Å². The Balaban J connectivity index is 1.83. The molecule has 0 saturated carbocycles. The molecule has 1 fully saturated rings. The molecule has 156 valence electrons. The maximum atomic E-state index is 12.9. The highest BCUT2D eigenvalue weighted by Gasteiger charge is 2.39. The second-order valence-electron chi connectivity index (χ2n) is 7.56. The summed E-state index contributed by atoms with van der Waals surface area (Å²) in [6.45, 7) is 6.35. The first-order chi connectivity index (χ1) is 13.9. The van der Waals surface area contributed by atoms with Gasteiger partial charge in [-0.25, -0.2) is 9.48 Å². The lowest BCUT2D eigenvalue weighted by Gasteiger charge is -2.21. The Hall–Kier alpha value is -2.67. The van der Waals surface area contributed by atoms with Crippen molar-refractivity contribution in [2.45, 2.75) is 58.6 Å². The van der Waals surface area contributed by atoms with Crippen molar-refractivity contribution in [2.24, 2.45) is 5.92 Å². The van der Waals surface area contributed by atoms with Crippen molar-refractivity contribution in [1.82, 2.24) is 15.1 Å². The lowest BCUT2D eigenvalue weighted by molar-refractivity contribution is -0.143. The molecule has 0 aliphatic carbocycles. The Kier molecular flexibility index (Phi) is 6.69. The molecule has 0 radical (unpaired) electrons. The van der Waals surface area contributed by atoms with E-state index in [9.17, 15) is 14.7 Å². The van der Waals surface area contributed by atoms with Crippen LogP contribution < -0.4 is 5.32 Å². The Morgan fingerprint density at radius 3 is 2.69 bits per heavy atom. The number of carboxylic acids is 1. The van der Waals surface area contributed by atoms with E-state index in [4.69, 9.17) is 4.74 Å². The van der Waals surface area contributed by atoms with Crippen LogP contribution in [0.4, 0.5) is 0 Å². The first kappa shape index (κ1) is 21.0. The number of carbonyl (C=O) groups is 2. The van der Waals surface area contributed by atoms with Gasteiger partial charge in [-0.15, -0.1) is 0 Å². The lowest BCUT2D eigenvalue weighted by atomic mass is 9.92. The van der Waals surface area contributed by atoms with Crippen molar-refractivity contribution in [1.29, 1.82) is 0 Å². The van der Waals surface area contributed by atoms with E-state index in [0.717, 1.165) is 35.5 Å². The van der Waals surface area contributed by atoms with Gasteiger partial charge < -0.3 is 15.2 Å². The van der Waals surface area contributed by atoms with Gasteiger partial charge in [-0.05, 0) is 38.8 Å². The minimum Gasteiger partial charge on any atom is -0.480 e. The number of hydrogen-bond acceptors (Lipinski definition) is 4. The third kappa shape index (κ3) is 4.50. The van der Waals surface area contributed by atoms with Gasteiger partial charge in [0.2, 0.25) is 5.91 Å². The third-order valence-electron chi connectivity index (χ3n) is 5.52. The SMILES string of the molecule is CCCC[C@H](NC(=O)[C@H]1CCO[C@@H]1c1c(C)nn(-c2ccccc2)c1C)C(=O)O. The molecule has 2 aromatic rings. The normalized spacial score (nSPS) is 19.8. The number of para-hydroxylation sites is 1. The zero-order valence-corrected chi connectivity index (χ0v) is 17.2. The van der Waals surface area contributed by atoms with Gasteiger partial charge >= 0.3 is 5.97 Å². The first-order valence-corrected chi connectivity index (χ1v) is 10.2. The largest absolute Gasteiger partial charge is 0.480 e. The summed E-state index contributed by atoms with van der Waals surface area (Å²) in [5.41, 5.74) is 3.60. The summed E-state index contributed by atoms with van der Waals surface area (Å²) in [7, 11) is 0. The first-order valence-electron chi connectivity index (χ1n) is 10.2. The molecular formula is C22H29N3O4. The second kappa shape index (κ2) is 9.22. The van der Waals surface area contributed by atoms with Crippen LogP contribution >= 0.6 is 0 Å². The quantitative estimate of drug-likeness (QED) is 0.710. The van der Waals surface area contributed by atoms with Gasteiger partial charge in [-0.1, -0.05) is 38.0 Å². The molecule has 0 bridgehead atoms. The predicted octanol–water partition coefficient (Wildman–Crippen LogP) is 3.33. The van der Waals surface area contributed by atoms with Gasteiger partial charge in [0, 0.05) is 17.9 Å². The van der Waals surface area contributed by atoms with E-state index < -0.39 is 24.0 Å². The van der Waals surface area contributed by atoms with Crippen LogP contribution in [0.5, 0.6) is 0 Å². The molecule has 1 aliphatic heterocycles. The van der Waals surface area contributed by atoms with E-state index in [0.29, 0.717) is 19.4 Å². The lowest BCUT2D eigenvalue weighted by Crippen LogP contribution is -2.44. The molecule has 3 atom stereocenters. The molecular weight excluding hydrogens is 370 g/mol. The number of hydrogen-bond donors (Lipinski definition) is 2. The van der Waals surface area contributed by atoms with Crippen LogP contribution in [0.2, 0.25) is 0 Å². The van der Waals surface area contributed by atoms with E-state index in [1.54, 1.807) is 0 Å². The van der Waals surface area contributed by atoms with Crippen molar-refractivity contribution in [2.75, 3.05) is 6.61 Å². The number of aromatic nitrogens is 2. The summed E-state index contributed by atoms with van der Waals surface area (Å²) < 4.78 is 7.81. The molecule has 7 nitrogen and oxygen atoms in total. The molecule has 1 aromatic heterocycles. The van der Waals surface area contributed by atoms with Crippen LogP contribution in [0.15, 0.2) is 30.3 Å². The van der Waals surface area contributed by atoms with Crippen molar-refractivity contribution in [3.8, 4) is 5.69 Å². The predicted molar refractivity (Wildman–Crippen MR) is 109 cm³/mol. The van der Waals surface area contributed by atoms with E-state index in [2.05, 4.69) is 10.4 Å². The van der Waals surface area contributed by atoms with Gasteiger partial charge in [0.15, 0.2) is 0 Å². The van der Waals surface area contributed by atoms with Crippen molar-refractivity contribution < 1.29 is 19.4 Å². The highest BCUT2D eigenvalue weighted by atomic mass is 16.5. The molecule has 2 heterocycles. The number of nitrogens with zero attached hydrogens (tertiary/aromatic N) is 2. The van der Waals surface area contributed by atoms with E-state index in [1.165, 1.54) is 0 Å². The van der Waals surface area contributed by atoms with Crippen LogP contribution in [0.1, 0.15) is 55.7 Å². The van der Waals surface area contributed by atoms with Crippen LogP contribution in [0.3, 0.4) is 0 Å². The summed E-state index contributed by atoms with van der Waals surface area (Å²) in [5.74, 6) is -1.68. The molecule has 29 heavy (non-hydrogen) atoms.